The van der Waals surface area contributed by atoms with Crippen LogP contribution >= 0.6 is 23.2 Å². The van der Waals surface area contributed by atoms with E-state index in [1.54, 1.807) is 24.1 Å². The Hall–Kier alpha value is -2.14. The Morgan fingerprint density at radius 1 is 1.15 bits per heavy atom. The van der Waals surface area contributed by atoms with E-state index in [0.29, 0.717) is 16.5 Å². The van der Waals surface area contributed by atoms with Crippen molar-refractivity contribution in [2.75, 3.05) is 7.11 Å². The second-order valence-corrected chi connectivity index (χ2v) is 6.68. The number of benzene rings is 2. The summed E-state index contributed by atoms with van der Waals surface area (Å²) < 4.78 is 7.66. The number of halogens is 2. The second kappa shape index (κ2) is 8.49. The SMILES string of the molecule is C=CCC(c1ccc(Cl)c(Cl)c1)C(OC)c1cnnn1-c1ccccc1. The van der Waals surface area contributed by atoms with Crippen LogP contribution in [0.1, 0.15) is 29.7 Å². The normalized spacial score (nSPS) is 13.3. The Bertz CT molecular complexity index is 880. The van der Waals surface area contributed by atoms with E-state index in [0.717, 1.165) is 16.9 Å². The van der Waals surface area contributed by atoms with Crippen LogP contribution in [0.15, 0.2) is 67.4 Å². The summed E-state index contributed by atoms with van der Waals surface area (Å²) in [5.74, 6) is -0.00627. The van der Waals surface area contributed by atoms with Crippen LogP contribution in [0.3, 0.4) is 0 Å². The zero-order valence-corrected chi connectivity index (χ0v) is 15.9. The van der Waals surface area contributed by atoms with Crippen molar-refractivity contribution in [2.24, 2.45) is 0 Å². The fraction of sp³-hybridized carbons (Fsp3) is 0.200. The van der Waals surface area contributed by atoms with E-state index in [1.807, 2.05) is 48.5 Å². The number of aromatic nitrogens is 3. The molecule has 0 N–H and O–H groups in total. The molecule has 2 unspecified atom stereocenters. The van der Waals surface area contributed by atoms with Gasteiger partial charge in [0.25, 0.3) is 0 Å². The van der Waals surface area contributed by atoms with Crippen molar-refractivity contribution >= 4 is 23.2 Å². The first-order valence-corrected chi connectivity index (χ1v) is 8.96. The molecule has 0 fully saturated rings. The number of rotatable bonds is 7. The Kier molecular flexibility index (Phi) is 6.09. The number of nitrogens with zero attached hydrogens (tertiary/aromatic N) is 3. The molecule has 1 aromatic heterocycles. The quantitative estimate of drug-likeness (QED) is 0.493. The highest BCUT2D eigenvalue weighted by atomic mass is 35.5. The summed E-state index contributed by atoms with van der Waals surface area (Å²) in [6.07, 6.45) is 4.03. The van der Waals surface area contributed by atoms with Crippen LogP contribution in [0, 0.1) is 0 Å². The van der Waals surface area contributed by atoms with Gasteiger partial charge in [0.1, 0.15) is 6.10 Å². The average molecular weight is 388 g/mol. The molecule has 1 heterocycles. The standard InChI is InChI=1S/C20H19Cl2N3O/c1-3-7-16(14-10-11-17(21)18(22)12-14)20(26-2)19-13-23-24-25(19)15-8-5-4-6-9-15/h3-6,8-13,16,20H,1,7H2,2H3. The molecule has 0 amide bonds. The summed E-state index contributed by atoms with van der Waals surface area (Å²) in [5, 5.41) is 9.37. The molecular weight excluding hydrogens is 369 g/mol. The third-order valence-electron chi connectivity index (χ3n) is 4.28. The molecule has 2 aromatic carbocycles. The molecule has 0 aliphatic carbocycles. The van der Waals surface area contributed by atoms with E-state index < -0.39 is 0 Å². The predicted molar refractivity (Wildman–Crippen MR) is 105 cm³/mol. The van der Waals surface area contributed by atoms with E-state index in [1.165, 1.54) is 0 Å². The highest BCUT2D eigenvalue weighted by molar-refractivity contribution is 6.42. The van der Waals surface area contributed by atoms with Gasteiger partial charge in [0.2, 0.25) is 0 Å². The smallest absolute Gasteiger partial charge is 0.108 e. The van der Waals surface area contributed by atoms with E-state index in [2.05, 4.69) is 16.9 Å². The number of methoxy groups -OCH3 is 1. The fourth-order valence-electron chi connectivity index (χ4n) is 3.06. The molecule has 6 heteroatoms. The molecule has 0 radical (unpaired) electrons. The first-order chi connectivity index (χ1) is 12.7. The Labute approximate surface area is 163 Å². The van der Waals surface area contributed by atoms with Gasteiger partial charge in [0, 0.05) is 13.0 Å². The van der Waals surface area contributed by atoms with E-state index in [9.17, 15) is 0 Å². The Morgan fingerprint density at radius 2 is 1.92 bits per heavy atom. The topological polar surface area (TPSA) is 39.9 Å². The maximum absolute atomic E-state index is 6.23. The lowest BCUT2D eigenvalue weighted by atomic mass is 9.88. The highest BCUT2D eigenvalue weighted by Crippen LogP contribution is 2.38. The molecule has 26 heavy (non-hydrogen) atoms. The van der Waals surface area contributed by atoms with Gasteiger partial charge >= 0.3 is 0 Å². The molecule has 0 saturated heterocycles. The van der Waals surface area contributed by atoms with Gasteiger partial charge in [-0.2, -0.15) is 0 Å². The molecule has 0 saturated carbocycles. The monoisotopic (exact) mass is 387 g/mol. The summed E-state index contributed by atoms with van der Waals surface area (Å²) in [7, 11) is 1.68. The summed E-state index contributed by atoms with van der Waals surface area (Å²) in [6, 6.07) is 15.5. The van der Waals surface area contributed by atoms with Gasteiger partial charge in [-0.15, -0.1) is 11.7 Å². The number of para-hydroxylation sites is 1. The van der Waals surface area contributed by atoms with Gasteiger partial charge < -0.3 is 4.74 Å². The lowest BCUT2D eigenvalue weighted by Gasteiger charge is -2.26. The molecule has 0 aliphatic rings. The van der Waals surface area contributed by atoms with Gasteiger partial charge in [-0.3, -0.25) is 0 Å². The van der Waals surface area contributed by atoms with Crippen LogP contribution in [-0.4, -0.2) is 22.1 Å². The van der Waals surface area contributed by atoms with Crippen molar-refractivity contribution in [3.8, 4) is 5.69 Å². The molecule has 0 spiro atoms. The van der Waals surface area contributed by atoms with Crippen molar-refractivity contribution < 1.29 is 4.74 Å². The largest absolute Gasteiger partial charge is 0.374 e. The average Bonchev–Trinajstić information content (AvgIpc) is 3.14. The maximum Gasteiger partial charge on any atom is 0.108 e. The fourth-order valence-corrected chi connectivity index (χ4v) is 3.36. The lowest BCUT2D eigenvalue weighted by molar-refractivity contribution is 0.0736. The Morgan fingerprint density at radius 3 is 2.58 bits per heavy atom. The minimum absolute atomic E-state index is 0.00627. The summed E-state index contributed by atoms with van der Waals surface area (Å²) in [6.45, 7) is 3.89. The minimum Gasteiger partial charge on any atom is -0.374 e. The number of hydrogen-bond acceptors (Lipinski definition) is 3. The zero-order chi connectivity index (χ0) is 18.5. The molecule has 4 nitrogen and oxygen atoms in total. The lowest BCUT2D eigenvalue weighted by Crippen LogP contribution is -2.17. The van der Waals surface area contributed by atoms with Crippen molar-refractivity contribution in [3.05, 3.63) is 88.7 Å². The molecule has 3 rings (SSSR count). The Balaban J connectivity index is 2.04. The molecule has 3 aromatic rings. The zero-order valence-electron chi connectivity index (χ0n) is 14.3. The number of allylic oxidation sites excluding steroid dienone is 1. The number of ether oxygens (including phenoxy) is 1. The molecule has 2 atom stereocenters. The summed E-state index contributed by atoms with van der Waals surface area (Å²) in [4.78, 5) is 0. The third kappa shape index (κ3) is 3.83. The predicted octanol–water partition coefficient (Wildman–Crippen LogP) is 5.62. The van der Waals surface area contributed by atoms with Gasteiger partial charge in [-0.25, -0.2) is 4.68 Å². The molecule has 0 bridgehead atoms. The van der Waals surface area contributed by atoms with E-state index in [4.69, 9.17) is 27.9 Å². The molecule has 0 aliphatic heterocycles. The van der Waals surface area contributed by atoms with Gasteiger partial charge in [-0.1, -0.05) is 58.8 Å². The third-order valence-corrected chi connectivity index (χ3v) is 5.02. The first kappa shape index (κ1) is 18.6. The van der Waals surface area contributed by atoms with Crippen molar-refractivity contribution in [1.82, 2.24) is 15.0 Å². The van der Waals surface area contributed by atoms with Crippen LogP contribution in [0.5, 0.6) is 0 Å². The minimum atomic E-state index is -0.277. The van der Waals surface area contributed by atoms with Crippen molar-refractivity contribution in [1.29, 1.82) is 0 Å². The maximum atomic E-state index is 6.23. The first-order valence-electron chi connectivity index (χ1n) is 8.20. The summed E-state index contributed by atoms with van der Waals surface area (Å²) >= 11 is 12.3. The van der Waals surface area contributed by atoms with E-state index in [-0.39, 0.29) is 12.0 Å². The van der Waals surface area contributed by atoms with Gasteiger partial charge in [-0.05, 0) is 36.2 Å². The highest BCUT2D eigenvalue weighted by Gasteiger charge is 2.28. The van der Waals surface area contributed by atoms with Crippen molar-refractivity contribution in [3.63, 3.8) is 0 Å². The van der Waals surface area contributed by atoms with Gasteiger partial charge in [0.05, 0.1) is 27.6 Å². The van der Waals surface area contributed by atoms with Crippen molar-refractivity contribution in [2.45, 2.75) is 18.4 Å². The van der Waals surface area contributed by atoms with Crippen LogP contribution in [0.25, 0.3) is 5.69 Å². The second-order valence-electron chi connectivity index (χ2n) is 5.87. The van der Waals surface area contributed by atoms with Crippen LogP contribution in [-0.2, 0) is 4.74 Å². The van der Waals surface area contributed by atoms with Crippen LogP contribution < -0.4 is 0 Å². The van der Waals surface area contributed by atoms with E-state index >= 15 is 0 Å². The molecular formula is C20H19Cl2N3O. The molecule has 134 valence electrons. The van der Waals surface area contributed by atoms with Crippen LogP contribution in [0.2, 0.25) is 10.0 Å². The van der Waals surface area contributed by atoms with Crippen LogP contribution in [0.4, 0.5) is 0 Å². The van der Waals surface area contributed by atoms with Gasteiger partial charge in [0.15, 0.2) is 0 Å². The number of hydrogen-bond donors (Lipinski definition) is 0. The summed E-state index contributed by atoms with van der Waals surface area (Å²) in [5.41, 5.74) is 2.80.